The maximum atomic E-state index is 11.4. The van der Waals surface area contributed by atoms with Gasteiger partial charge in [-0.15, -0.1) is 0 Å². The maximum Gasteiger partial charge on any atom is 0.224 e. The quantitative estimate of drug-likeness (QED) is 0.777. The van der Waals surface area contributed by atoms with Gasteiger partial charge in [-0.2, -0.15) is 0 Å². The molecule has 2 N–H and O–H groups in total. The van der Waals surface area contributed by atoms with Crippen LogP contribution in [-0.4, -0.2) is 20.4 Å². The van der Waals surface area contributed by atoms with Crippen LogP contribution in [0.5, 0.6) is 0 Å². The summed E-state index contributed by atoms with van der Waals surface area (Å²) in [5.74, 6) is -0.00277. The standard InChI is InChI=1S/C17H17N3O2/c1-2-17(22)18-14-6-4-13(5-7-14)15-10-20-9-12(11-21)3-8-16(20)19-15/h3-10,21H,2,11H2,1H3,(H,18,22). The molecule has 0 saturated heterocycles. The van der Waals surface area contributed by atoms with Crippen molar-refractivity contribution in [2.45, 2.75) is 20.0 Å². The van der Waals surface area contributed by atoms with Gasteiger partial charge in [0.15, 0.2) is 0 Å². The van der Waals surface area contributed by atoms with Crippen LogP contribution in [-0.2, 0) is 11.4 Å². The molecule has 2 heterocycles. The summed E-state index contributed by atoms with van der Waals surface area (Å²) in [5, 5.41) is 12.0. The van der Waals surface area contributed by atoms with Crippen LogP contribution in [0.3, 0.4) is 0 Å². The third-order valence-corrected chi connectivity index (χ3v) is 3.48. The smallest absolute Gasteiger partial charge is 0.224 e. The van der Waals surface area contributed by atoms with E-state index in [1.807, 2.05) is 60.1 Å². The molecule has 0 aliphatic heterocycles. The van der Waals surface area contributed by atoms with Crippen LogP contribution in [0.15, 0.2) is 48.8 Å². The number of carbonyl (C=O) groups excluding carboxylic acids is 1. The Balaban J connectivity index is 1.88. The Kier molecular flexibility index (Phi) is 3.89. The van der Waals surface area contributed by atoms with Crippen LogP contribution >= 0.6 is 0 Å². The molecule has 112 valence electrons. The number of anilines is 1. The van der Waals surface area contributed by atoms with Crippen molar-refractivity contribution >= 4 is 17.2 Å². The van der Waals surface area contributed by atoms with E-state index in [0.717, 1.165) is 28.2 Å². The van der Waals surface area contributed by atoms with Crippen LogP contribution in [0.2, 0.25) is 0 Å². The molecular formula is C17H17N3O2. The van der Waals surface area contributed by atoms with E-state index in [4.69, 9.17) is 0 Å². The lowest BCUT2D eigenvalue weighted by molar-refractivity contribution is -0.115. The fraction of sp³-hybridized carbons (Fsp3) is 0.176. The van der Waals surface area contributed by atoms with Gasteiger partial charge in [0.25, 0.3) is 0 Å². The minimum absolute atomic E-state index is 0.00277. The molecule has 0 unspecified atom stereocenters. The van der Waals surface area contributed by atoms with Crippen molar-refractivity contribution in [3.8, 4) is 11.3 Å². The van der Waals surface area contributed by atoms with Crippen molar-refractivity contribution in [3.05, 3.63) is 54.4 Å². The van der Waals surface area contributed by atoms with E-state index in [2.05, 4.69) is 10.3 Å². The Morgan fingerprint density at radius 2 is 1.95 bits per heavy atom. The largest absolute Gasteiger partial charge is 0.392 e. The summed E-state index contributed by atoms with van der Waals surface area (Å²) in [5.41, 5.74) is 4.28. The first-order chi connectivity index (χ1) is 10.7. The van der Waals surface area contributed by atoms with Crippen molar-refractivity contribution in [2.75, 3.05) is 5.32 Å². The number of rotatable bonds is 4. The highest BCUT2D eigenvalue weighted by atomic mass is 16.3. The number of amides is 1. The molecule has 2 aromatic heterocycles. The lowest BCUT2D eigenvalue weighted by Crippen LogP contribution is -2.08. The van der Waals surface area contributed by atoms with E-state index in [1.54, 1.807) is 0 Å². The second-order valence-electron chi connectivity index (χ2n) is 5.07. The first-order valence-corrected chi connectivity index (χ1v) is 7.18. The third kappa shape index (κ3) is 2.84. The topological polar surface area (TPSA) is 66.6 Å². The molecule has 0 fully saturated rings. The monoisotopic (exact) mass is 295 g/mol. The Bertz CT molecular complexity index is 806. The number of imidazole rings is 1. The summed E-state index contributed by atoms with van der Waals surface area (Å²) >= 11 is 0. The first kappa shape index (κ1) is 14.3. The Morgan fingerprint density at radius 3 is 2.64 bits per heavy atom. The number of benzene rings is 1. The lowest BCUT2D eigenvalue weighted by Gasteiger charge is -2.03. The van der Waals surface area contributed by atoms with Gasteiger partial charge < -0.3 is 14.8 Å². The van der Waals surface area contributed by atoms with Crippen molar-refractivity contribution in [2.24, 2.45) is 0 Å². The van der Waals surface area contributed by atoms with Crippen LogP contribution in [0, 0.1) is 0 Å². The van der Waals surface area contributed by atoms with Gasteiger partial charge in [-0.1, -0.05) is 25.1 Å². The number of fused-ring (bicyclic) bond motifs is 1. The number of aromatic nitrogens is 2. The first-order valence-electron chi connectivity index (χ1n) is 7.18. The number of hydrogen-bond donors (Lipinski definition) is 2. The zero-order chi connectivity index (χ0) is 15.5. The molecule has 0 spiro atoms. The molecule has 3 aromatic rings. The maximum absolute atomic E-state index is 11.4. The lowest BCUT2D eigenvalue weighted by atomic mass is 10.1. The molecule has 0 bridgehead atoms. The minimum atomic E-state index is -0.00277. The summed E-state index contributed by atoms with van der Waals surface area (Å²) in [6.45, 7) is 1.83. The zero-order valence-corrected chi connectivity index (χ0v) is 12.3. The van der Waals surface area contributed by atoms with Crippen molar-refractivity contribution < 1.29 is 9.90 Å². The number of aliphatic hydroxyl groups excluding tert-OH is 1. The molecule has 1 amide bonds. The van der Waals surface area contributed by atoms with Crippen LogP contribution in [0.25, 0.3) is 16.9 Å². The van der Waals surface area contributed by atoms with Gasteiger partial charge in [-0.05, 0) is 23.8 Å². The molecule has 22 heavy (non-hydrogen) atoms. The fourth-order valence-corrected chi connectivity index (χ4v) is 2.24. The predicted octanol–water partition coefficient (Wildman–Crippen LogP) is 2.84. The van der Waals surface area contributed by atoms with E-state index in [9.17, 15) is 9.90 Å². The number of aliphatic hydroxyl groups is 1. The fourth-order valence-electron chi connectivity index (χ4n) is 2.24. The van der Waals surface area contributed by atoms with E-state index in [-0.39, 0.29) is 12.5 Å². The third-order valence-electron chi connectivity index (χ3n) is 3.48. The molecule has 0 atom stereocenters. The summed E-state index contributed by atoms with van der Waals surface area (Å²) in [6.07, 6.45) is 4.25. The van der Waals surface area contributed by atoms with Crippen LogP contribution in [0.4, 0.5) is 5.69 Å². The SMILES string of the molecule is CCC(=O)Nc1ccc(-c2cn3cc(CO)ccc3n2)cc1. The Labute approximate surface area is 128 Å². The average Bonchev–Trinajstić information content (AvgIpc) is 2.98. The zero-order valence-electron chi connectivity index (χ0n) is 12.3. The van der Waals surface area contributed by atoms with Gasteiger partial charge in [0.2, 0.25) is 5.91 Å². The van der Waals surface area contributed by atoms with E-state index in [1.165, 1.54) is 0 Å². The number of pyridine rings is 1. The van der Waals surface area contributed by atoms with Crippen molar-refractivity contribution in [1.29, 1.82) is 0 Å². The summed E-state index contributed by atoms with van der Waals surface area (Å²) < 4.78 is 1.90. The molecule has 0 aliphatic rings. The predicted molar refractivity (Wildman–Crippen MR) is 85.5 cm³/mol. The minimum Gasteiger partial charge on any atom is -0.392 e. The average molecular weight is 295 g/mol. The normalized spacial score (nSPS) is 10.8. The highest BCUT2D eigenvalue weighted by molar-refractivity contribution is 5.90. The van der Waals surface area contributed by atoms with E-state index < -0.39 is 0 Å². The van der Waals surface area contributed by atoms with E-state index >= 15 is 0 Å². The molecule has 0 aliphatic carbocycles. The van der Waals surface area contributed by atoms with Crippen molar-refractivity contribution in [3.63, 3.8) is 0 Å². The van der Waals surface area contributed by atoms with Crippen LogP contribution in [0.1, 0.15) is 18.9 Å². The van der Waals surface area contributed by atoms with Gasteiger partial charge in [-0.25, -0.2) is 4.98 Å². The second kappa shape index (κ2) is 5.99. The molecule has 0 saturated carbocycles. The summed E-state index contributed by atoms with van der Waals surface area (Å²) in [7, 11) is 0. The number of nitrogens with zero attached hydrogens (tertiary/aromatic N) is 2. The number of hydrogen-bond acceptors (Lipinski definition) is 3. The summed E-state index contributed by atoms with van der Waals surface area (Å²) in [6, 6.07) is 11.3. The van der Waals surface area contributed by atoms with Crippen molar-refractivity contribution in [1.82, 2.24) is 9.38 Å². The van der Waals surface area contributed by atoms with Crippen LogP contribution < -0.4 is 5.32 Å². The molecule has 5 nitrogen and oxygen atoms in total. The molecule has 0 radical (unpaired) electrons. The molecule has 5 heteroatoms. The molecular weight excluding hydrogens is 278 g/mol. The summed E-state index contributed by atoms with van der Waals surface area (Å²) in [4.78, 5) is 15.9. The highest BCUT2D eigenvalue weighted by Gasteiger charge is 2.06. The van der Waals surface area contributed by atoms with Gasteiger partial charge in [0, 0.05) is 30.1 Å². The highest BCUT2D eigenvalue weighted by Crippen LogP contribution is 2.21. The van der Waals surface area contributed by atoms with Gasteiger partial charge in [0.05, 0.1) is 12.3 Å². The van der Waals surface area contributed by atoms with Gasteiger partial charge in [0.1, 0.15) is 5.65 Å². The molecule has 1 aromatic carbocycles. The Hall–Kier alpha value is -2.66. The van der Waals surface area contributed by atoms with Gasteiger partial charge >= 0.3 is 0 Å². The number of carbonyl (C=O) groups is 1. The van der Waals surface area contributed by atoms with E-state index in [0.29, 0.717) is 6.42 Å². The number of nitrogens with one attached hydrogen (secondary N) is 1. The van der Waals surface area contributed by atoms with Gasteiger partial charge in [-0.3, -0.25) is 4.79 Å². The second-order valence-corrected chi connectivity index (χ2v) is 5.07. The molecule has 3 rings (SSSR count). The Morgan fingerprint density at radius 1 is 1.18 bits per heavy atom.